The van der Waals surface area contributed by atoms with Crippen LogP contribution >= 0.6 is 12.4 Å². The zero-order valence-corrected chi connectivity index (χ0v) is 12.7. The topological polar surface area (TPSA) is 39.1 Å². The zero-order valence-electron chi connectivity index (χ0n) is 11.8. The molecule has 0 saturated heterocycles. The SMILES string of the molecule is CC(C)OCCCNCc1cnn(C(C)C)c1.Cl. The van der Waals surface area contributed by atoms with Crippen molar-refractivity contribution in [1.82, 2.24) is 15.1 Å². The van der Waals surface area contributed by atoms with Crippen LogP contribution in [-0.2, 0) is 11.3 Å². The highest BCUT2D eigenvalue weighted by molar-refractivity contribution is 5.85. The number of nitrogens with zero attached hydrogens (tertiary/aromatic N) is 2. The summed E-state index contributed by atoms with van der Waals surface area (Å²) in [6.07, 6.45) is 5.41. The lowest BCUT2D eigenvalue weighted by molar-refractivity contribution is 0.0770. The smallest absolute Gasteiger partial charge is 0.0534 e. The second-order valence-electron chi connectivity index (χ2n) is 4.87. The summed E-state index contributed by atoms with van der Waals surface area (Å²) in [7, 11) is 0. The van der Waals surface area contributed by atoms with Crippen molar-refractivity contribution in [2.75, 3.05) is 13.2 Å². The summed E-state index contributed by atoms with van der Waals surface area (Å²) in [5.74, 6) is 0. The van der Waals surface area contributed by atoms with Gasteiger partial charge in [-0.1, -0.05) is 0 Å². The van der Waals surface area contributed by atoms with Crippen LogP contribution in [0.25, 0.3) is 0 Å². The van der Waals surface area contributed by atoms with Gasteiger partial charge in [-0.2, -0.15) is 5.10 Å². The highest BCUT2D eigenvalue weighted by Gasteiger charge is 2.01. The van der Waals surface area contributed by atoms with Crippen LogP contribution in [0.3, 0.4) is 0 Å². The molecular weight excluding hydrogens is 250 g/mol. The number of ether oxygens (including phenoxy) is 1. The van der Waals surface area contributed by atoms with Crippen LogP contribution in [0, 0.1) is 0 Å². The van der Waals surface area contributed by atoms with Crippen molar-refractivity contribution < 1.29 is 4.74 Å². The normalized spacial score (nSPS) is 11.0. The molecule has 0 aliphatic rings. The lowest BCUT2D eigenvalue weighted by Gasteiger charge is -2.07. The molecule has 0 unspecified atom stereocenters. The summed E-state index contributed by atoms with van der Waals surface area (Å²) < 4.78 is 7.46. The first-order chi connectivity index (χ1) is 8.09. The minimum Gasteiger partial charge on any atom is -0.379 e. The first-order valence-electron chi connectivity index (χ1n) is 6.45. The van der Waals surface area contributed by atoms with Crippen molar-refractivity contribution in [3.05, 3.63) is 18.0 Å². The lowest BCUT2D eigenvalue weighted by Crippen LogP contribution is -2.17. The van der Waals surface area contributed by atoms with Gasteiger partial charge in [-0.25, -0.2) is 0 Å². The van der Waals surface area contributed by atoms with E-state index in [-0.39, 0.29) is 12.4 Å². The van der Waals surface area contributed by atoms with E-state index in [0.29, 0.717) is 12.1 Å². The second kappa shape index (κ2) is 9.36. The molecule has 1 aromatic heterocycles. The predicted molar refractivity (Wildman–Crippen MR) is 77.3 cm³/mol. The molecule has 0 atom stereocenters. The fourth-order valence-corrected chi connectivity index (χ4v) is 1.50. The molecule has 0 aromatic carbocycles. The molecule has 106 valence electrons. The van der Waals surface area contributed by atoms with Crippen LogP contribution in [-0.4, -0.2) is 29.0 Å². The molecule has 4 nitrogen and oxygen atoms in total. The Morgan fingerprint density at radius 3 is 2.61 bits per heavy atom. The minimum atomic E-state index is 0. The second-order valence-corrected chi connectivity index (χ2v) is 4.87. The van der Waals surface area contributed by atoms with Crippen molar-refractivity contribution >= 4 is 12.4 Å². The molecule has 1 aromatic rings. The Morgan fingerprint density at radius 2 is 2.06 bits per heavy atom. The summed E-state index contributed by atoms with van der Waals surface area (Å²) in [5, 5.41) is 7.70. The zero-order chi connectivity index (χ0) is 12.7. The van der Waals surface area contributed by atoms with E-state index in [4.69, 9.17) is 4.74 Å². The number of hydrogen-bond donors (Lipinski definition) is 1. The van der Waals surface area contributed by atoms with Gasteiger partial charge < -0.3 is 10.1 Å². The number of rotatable bonds is 8. The molecule has 5 heteroatoms. The number of aromatic nitrogens is 2. The fourth-order valence-electron chi connectivity index (χ4n) is 1.50. The number of nitrogens with one attached hydrogen (secondary N) is 1. The largest absolute Gasteiger partial charge is 0.379 e. The van der Waals surface area contributed by atoms with E-state index in [0.717, 1.165) is 26.1 Å². The van der Waals surface area contributed by atoms with Gasteiger partial charge in [0.25, 0.3) is 0 Å². The highest BCUT2D eigenvalue weighted by Crippen LogP contribution is 2.04. The fraction of sp³-hybridized carbons (Fsp3) is 0.769. The van der Waals surface area contributed by atoms with E-state index >= 15 is 0 Å². The number of hydrogen-bond acceptors (Lipinski definition) is 3. The molecule has 0 radical (unpaired) electrons. The Balaban J connectivity index is 0.00000289. The molecule has 1 heterocycles. The molecule has 0 spiro atoms. The molecule has 0 fully saturated rings. The quantitative estimate of drug-likeness (QED) is 0.742. The Morgan fingerprint density at radius 1 is 1.33 bits per heavy atom. The summed E-state index contributed by atoms with van der Waals surface area (Å²) in [5.41, 5.74) is 1.24. The molecule has 0 bridgehead atoms. The van der Waals surface area contributed by atoms with Crippen LogP contribution < -0.4 is 5.32 Å². The predicted octanol–water partition coefficient (Wildman–Crippen LogP) is 2.79. The van der Waals surface area contributed by atoms with Gasteiger partial charge in [0.2, 0.25) is 0 Å². The third-order valence-corrected chi connectivity index (χ3v) is 2.46. The minimum absolute atomic E-state index is 0. The van der Waals surface area contributed by atoms with Gasteiger partial charge in [0.1, 0.15) is 0 Å². The summed E-state index contributed by atoms with van der Waals surface area (Å²) in [6.45, 7) is 11.1. The van der Waals surface area contributed by atoms with Gasteiger partial charge >= 0.3 is 0 Å². The molecule has 1 rings (SSSR count). The number of halogens is 1. The van der Waals surface area contributed by atoms with E-state index in [1.165, 1.54) is 5.56 Å². The van der Waals surface area contributed by atoms with Gasteiger partial charge in [0, 0.05) is 31.0 Å². The average Bonchev–Trinajstić information content (AvgIpc) is 2.71. The van der Waals surface area contributed by atoms with E-state index < -0.39 is 0 Å². The maximum absolute atomic E-state index is 5.47. The van der Waals surface area contributed by atoms with Crippen LogP contribution in [0.5, 0.6) is 0 Å². The van der Waals surface area contributed by atoms with Crippen molar-refractivity contribution in [2.24, 2.45) is 0 Å². The maximum atomic E-state index is 5.47. The van der Waals surface area contributed by atoms with Crippen LogP contribution in [0.15, 0.2) is 12.4 Å². The third-order valence-electron chi connectivity index (χ3n) is 2.46. The molecule has 0 amide bonds. The Kier molecular flexibility index (Phi) is 9.06. The average molecular weight is 276 g/mol. The van der Waals surface area contributed by atoms with Crippen molar-refractivity contribution in [3.8, 4) is 0 Å². The Bertz CT molecular complexity index is 313. The monoisotopic (exact) mass is 275 g/mol. The van der Waals surface area contributed by atoms with E-state index in [1.54, 1.807) is 0 Å². The van der Waals surface area contributed by atoms with Crippen molar-refractivity contribution in [3.63, 3.8) is 0 Å². The van der Waals surface area contributed by atoms with Crippen LogP contribution in [0.2, 0.25) is 0 Å². The molecule has 1 N–H and O–H groups in total. The Hall–Kier alpha value is -0.580. The van der Waals surface area contributed by atoms with E-state index in [9.17, 15) is 0 Å². The maximum Gasteiger partial charge on any atom is 0.0534 e. The summed E-state index contributed by atoms with van der Waals surface area (Å²) in [4.78, 5) is 0. The van der Waals surface area contributed by atoms with Crippen LogP contribution in [0.1, 0.15) is 45.7 Å². The Labute approximate surface area is 117 Å². The summed E-state index contributed by atoms with van der Waals surface area (Å²) >= 11 is 0. The standard InChI is InChI=1S/C13H25N3O.ClH/c1-11(2)16-10-13(9-15-16)8-14-6-5-7-17-12(3)4;/h9-12,14H,5-8H2,1-4H3;1H. The van der Waals surface area contributed by atoms with Gasteiger partial charge in [-0.15, -0.1) is 12.4 Å². The highest BCUT2D eigenvalue weighted by atomic mass is 35.5. The van der Waals surface area contributed by atoms with E-state index in [2.05, 4.69) is 44.3 Å². The summed E-state index contributed by atoms with van der Waals surface area (Å²) in [6, 6.07) is 0.434. The van der Waals surface area contributed by atoms with Crippen molar-refractivity contribution in [2.45, 2.75) is 52.8 Å². The van der Waals surface area contributed by atoms with Gasteiger partial charge in [-0.05, 0) is 40.7 Å². The van der Waals surface area contributed by atoms with Crippen molar-refractivity contribution in [1.29, 1.82) is 0 Å². The molecule has 0 saturated carbocycles. The molecule has 0 aliphatic carbocycles. The van der Waals surface area contributed by atoms with Gasteiger partial charge in [-0.3, -0.25) is 4.68 Å². The van der Waals surface area contributed by atoms with Gasteiger partial charge in [0.15, 0.2) is 0 Å². The van der Waals surface area contributed by atoms with Crippen LogP contribution in [0.4, 0.5) is 0 Å². The molecular formula is C13H26ClN3O. The molecule has 0 aliphatic heterocycles. The van der Waals surface area contributed by atoms with E-state index in [1.807, 2.05) is 10.9 Å². The lowest BCUT2D eigenvalue weighted by atomic mass is 10.3. The first kappa shape index (κ1) is 17.4. The van der Waals surface area contributed by atoms with Gasteiger partial charge in [0.05, 0.1) is 12.3 Å². The third kappa shape index (κ3) is 6.99. The molecule has 18 heavy (non-hydrogen) atoms. The first-order valence-corrected chi connectivity index (χ1v) is 6.45.